The Bertz CT molecular complexity index is 1240. The molecule has 1 aromatic rings. The van der Waals surface area contributed by atoms with Gasteiger partial charge in [-0.15, -0.1) is 0 Å². The van der Waals surface area contributed by atoms with Crippen LogP contribution in [0, 0.1) is 0 Å². The number of ether oxygens (including phenoxy) is 4. The van der Waals surface area contributed by atoms with Crippen LogP contribution in [0.2, 0.25) is 0 Å². The molecule has 0 amide bonds. The summed E-state index contributed by atoms with van der Waals surface area (Å²) in [6.45, 7) is 9.66. The van der Waals surface area contributed by atoms with E-state index in [0.29, 0.717) is 39.3 Å². The van der Waals surface area contributed by atoms with Gasteiger partial charge in [-0.1, -0.05) is 127 Å². The molecule has 7 nitrogen and oxygen atoms in total. The predicted molar refractivity (Wildman–Crippen MR) is 261 cm³/mol. The summed E-state index contributed by atoms with van der Waals surface area (Å²) >= 11 is 0. The third kappa shape index (κ3) is 34.2. The van der Waals surface area contributed by atoms with Crippen LogP contribution in [0.4, 0.5) is 0 Å². The number of carbonyl (C=O) groups excluding carboxylic acids is 2. The van der Waals surface area contributed by atoms with E-state index in [1.54, 1.807) is 0 Å². The average Bonchev–Trinajstić information content (AvgIpc) is 3.79. The minimum absolute atomic E-state index is 0.0847. The van der Waals surface area contributed by atoms with Crippen LogP contribution >= 0.6 is 0 Å². The molecule has 0 bridgehead atoms. The van der Waals surface area contributed by atoms with Crippen LogP contribution < -0.4 is 9.47 Å². The highest BCUT2D eigenvalue weighted by Gasteiger charge is 2.14. The zero-order valence-corrected chi connectivity index (χ0v) is 39.9. The Morgan fingerprint density at radius 2 is 0.855 bits per heavy atom. The van der Waals surface area contributed by atoms with E-state index in [4.69, 9.17) is 18.9 Å². The number of allylic oxidation sites excluding steroid dienone is 8. The fourth-order valence-electron chi connectivity index (χ4n) is 7.55. The van der Waals surface area contributed by atoms with Gasteiger partial charge in [-0.2, -0.15) is 0 Å². The largest absolute Gasteiger partial charge is 0.493 e. The first kappa shape index (κ1) is 54.8. The molecule has 1 heterocycles. The van der Waals surface area contributed by atoms with Gasteiger partial charge in [0, 0.05) is 25.5 Å². The van der Waals surface area contributed by atoms with Crippen molar-refractivity contribution in [1.29, 1.82) is 0 Å². The van der Waals surface area contributed by atoms with Gasteiger partial charge in [-0.25, -0.2) is 0 Å². The maximum absolute atomic E-state index is 12.2. The normalized spacial score (nSPS) is 13.4. The van der Waals surface area contributed by atoms with Crippen molar-refractivity contribution in [3.63, 3.8) is 0 Å². The van der Waals surface area contributed by atoms with Crippen molar-refractivity contribution in [3.8, 4) is 11.5 Å². The van der Waals surface area contributed by atoms with Crippen LogP contribution in [0.3, 0.4) is 0 Å². The molecule has 0 N–H and O–H groups in total. The predicted octanol–water partition coefficient (Wildman–Crippen LogP) is 15.3. The number of carbonyl (C=O) groups is 2. The summed E-state index contributed by atoms with van der Waals surface area (Å²) in [4.78, 5) is 27.0. The van der Waals surface area contributed by atoms with Gasteiger partial charge in [0.05, 0.1) is 26.4 Å². The second-order valence-electron chi connectivity index (χ2n) is 17.3. The summed E-state index contributed by atoms with van der Waals surface area (Å²) in [5, 5.41) is 0. The summed E-state index contributed by atoms with van der Waals surface area (Å²) in [6.07, 6.45) is 51.0. The number of benzene rings is 1. The van der Waals surface area contributed by atoms with E-state index in [2.05, 4.69) is 79.5 Å². The van der Waals surface area contributed by atoms with Crippen molar-refractivity contribution >= 4 is 11.9 Å². The lowest BCUT2D eigenvalue weighted by Gasteiger charge is -2.17. The fraction of sp³-hybridized carbons (Fsp3) is 0.709. The zero-order valence-electron chi connectivity index (χ0n) is 39.9. The molecule has 0 atom stereocenters. The van der Waals surface area contributed by atoms with Crippen LogP contribution in [0.25, 0.3) is 0 Å². The number of nitrogens with zero attached hydrogens (tertiary/aromatic N) is 1. The molecule has 0 radical (unpaired) electrons. The summed E-state index contributed by atoms with van der Waals surface area (Å²) < 4.78 is 23.4. The van der Waals surface area contributed by atoms with Crippen molar-refractivity contribution in [1.82, 2.24) is 4.90 Å². The van der Waals surface area contributed by atoms with E-state index in [9.17, 15) is 9.59 Å². The van der Waals surface area contributed by atoms with E-state index in [-0.39, 0.29) is 11.9 Å². The highest BCUT2D eigenvalue weighted by atomic mass is 16.5. The molecule has 1 fully saturated rings. The smallest absolute Gasteiger partial charge is 0.305 e. The van der Waals surface area contributed by atoms with Crippen LogP contribution in [-0.2, 0) is 25.6 Å². The Morgan fingerprint density at radius 3 is 1.29 bits per heavy atom. The average molecular weight is 862 g/mol. The van der Waals surface area contributed by atoms with E-state index in [1.807, 2.05) is 6.07 Å². The Kier molecular flexibility index (Phi) is 36.8. The van der Waals surface area contributed by atoms with Gasteiger partial charge in [0.15, 0.2) is 0 Å². The minimum Gasteiger partial charge on any atom is -0.493 e. The summed E-state index contributed by atoms with van der Waals surface area (Å²) in [6, 6.07) is 6.24. The molecule has 7 heteroatoms. The Morgan fingerprint density at radius 1 is 0.468 bits per heavy atom. The number of likely N-dealkylation sites (tertiary alicyclic amines) is 1. The molecule has 62 heavy (non-hydrogen) atoms. The second kappa shape index (κ2) is 41.7. The maximum atomic E-state index is 12.2. The first-order valence-electron chi connectivity index (χ1n) is 25.6. The van der Waals surface area contributed by atoms with Gasteiger partial charge in [-0.3, -0.25) is 14.5 Å². The lowest BCUT2D eigenvalue weighted by Crippen LogP contribution is -2.18. The topological polar surface area (TPSA) is 74.3 Å². The van der Waals surface area contributed by atoms with Gasteiger partial charge in [-0.05, 0) is 146 Å². The summed E-state index contributed by atoms with van der Waals surface area (Å²) in [5.41, 5.74) is 1.20. The second-order valence-corrected chi connectivity index (χ2v) is 17.3. The summed E-state index contributed by atoms with van der Waals surface area (Å²) in [7, 11) is 0. The van der Waals surface area contributed by atoms with Crippen LogP contribution in [0.15, 0.2) is 66.8 Å². The quantitative estimate of drug-likeness (QED) is 0.0368. The zero-order chi connectivity index (χ0) is 44.2. The van der Waals surface area contributed by atoms with Gasteiger partial charge >= 0.3 is 11.9 Å². The molecule has 1 aromatic carbocycles. The molecule has 0 saturated carbocycles. The Hall–Kier alpha value is -3.32. The third-order valence-corrected chi connectivity index (χ3v) is 11.3. The molecule has 2 rings (SSSR count). The molecule has 0 aromatic heterocycles. The molecule has 1 aliphatic heterocycles. The number of hydrogen-bond acceptors (Lipinski definition) is 7. The van der Waals surface area contributed by atoms with Gasteiger partial charge < -0.3 is 18.9 Å². The maximum Gasteiger partial charge on any atom is 0.305 e. The van der Waals surface area contributed by atoms with Gasteiger partial charge in [0.25, 0.3) is 0 Å². The highest BCUT2D eigenvalue weighted by molar-refractivity contribution is 5.69. The molecule has 0 unspecified atom stereocenters. The lowest BCUT2D eigenvalue weighted by molar-refractivity contribution is -0.144. The number of unbranched alkanes of at least 4 members (excludes halogenated alkanes) is 18. The molecule has 1 saturated heterocycles. The van der Waals surface area contributed by atoms with Crippen LogP contribution in [0.5, 0.6) is 11.5 Å². The monoisotopic (exact) mass is 862 g/mol. The lowest BCUT2D eigenvalue weighted by atomic mass is 10.1. The van der Waals surface area contributed by atoms with Crippen LogP contribution in [0.1, 0.15) is 212 Å². The number of rotatable bonds is 42. The van der Waals surface area contributed by atoms with Gasteiger partial charge in [0.2, 0.25) is 0 Å². The minimum atomic E-state index is -0.0847. The SMILES string of the molecule is CCCCCC=CCC=CCCCCCCCC(=O)OCCCCOc1cc(CN2CCCC2)cc(OCCCCOC(=O)CCCCCCCC=CCC=CCCCCC)c1. The van der Waals surface area contributed by atoms with Crippen LogP contribution in [-0.4, -0.2) is 56.4 Å². The fourth-order valence-corrected chi connectivity index (χ4v) is 7.55. The van der Waals surface area contributed by atoms with Crippen molar-refractivity contribution in [3.05, 3.63) is 72.4 Å². The molecular formula is C55H91NO6. The number of hydrogen-bond donors (Lipinski definition) is 0. The summed E-state index contributed by atoms with van der Waals surface area (Å²) in [5.74, 6) is 1.46. The Labute approximate surface area is 380 Å². The van der Waals surface area contributed by atoms with Crippen molar-refractivity contribution < 1.29 is 28.5 Å². The highest BCUT2D eigenvalue weighted by Crippen LogP contribution is 2.26. The molecule has 1 aliphatic rings. The van der Waals surface area contributed by atoms with E-state index in [0.717, 1.165) is 108 Å². The number of esters is 2. The third-order valence-electron chi connectivity index (χ3n) is 11.3. The molecule has 352 valence electrons. The molecular weight excluding hydrogens is 771 g/mol. The molecule has 0 spiro atoms. The van der Waals surface area contributed by atoms with Crippen molar-refractivity contribution in [2.75, 3.05) is 39.5 Å². The first-order chi connectivity index (χ1) is 30.6. The molecule has 0 aliphatic carbocycles. The first-order valence-corrected chi connectivity index (χ1v) is 25.6. The van der Waals surface area contributed by atoms with E-state index >= 15 is 0 Å². The van der Waals surface area contributed by atoms with Gasteiger partial charge in [0.1, 0.15) is 11.5 Å². The van der Waals surface area contributed by atoms with Crippen molar-refractivity contribution in [2.24, 2.45) is 0 Å². The standard InChI is InChI=1S/C55H91NO6/c1-3-5-7-9-11-13-15-17-19-21-23-25-27-29-31-39-54(57)61-45-37-35-43-59-52-47-51(50-56-41-33-34-42-56)48-53(49-52)60-44-36-38-46-62-55(58)40-32-30-28-26-24-22-20-18-16-14-12-10-8-6-4-2/h11-14,17-20,47-49H,3-10,15-16,21-46,50H2,1-2H3. The van der Waals surface area contributed by atoms with E-state index in [1.165, 1.54) is 108 Å². The van der Waals surface area contributed by atoms with E-state index < -0.39 is 0 Å². The van der Waals surface area contributed by atoms with Crippen molar-refractivity contribution in [2.45, 2.75) is 213 Å². The Balaban J connectivity index is 1.50.